The molecular formula is C18H24N2O5. The van der Waals surface area contributed by atoms with Crippen molar-refractivity contribution in [2.24, 2.45) is 0 Å². The number of hydrogen-bond acceptors (Lipinski definition) is 6. The first-order chi connectivity index (χ1) is 11.7. The van der Waals surface area contributed by atoms with E-state index in [-0.39, 0.29) is 30.1 Å². The van der Waals surface area contributed by atoms with E-state index >= 15 is 0 Å². The first-order valence-electron chi connectivity index (χ1n) is 8.05. The molecule has 0 aliphatic carbocycles. The fourth-order valence-electron chi connectivity index (χ4n) is 2.46. The second kappa shape index (κ2) is 7.57. The summed E-state index contributed by atoms with van der Waals surface area (Å²) in [6.45, 7) is 8.07. The molecule has 0 spiro atoms. The van der Waals surface area contributed by atoms with Crippen molar-refractivity contribution in [3.8, 4) is 5.75 Å². The number of hydrogen-bond donors (Lipinski definition) is 1. The predicted molar refractivity (Wildman–Crippen MR) is 95.1 cm³/mol. The second-order valence-electron chi connectivity index (χ2n) is 6.93. The molecule has 7 nitrogen and oxygen atoms in total. The highest BCUT2D eigenvalue weighted by molar-refractivity contribution is 5.48. The molecule has 0 saturated heterocycles. The van der Waals surface area contributed by atoms with Crippen LogP contribution in [0.3, 0.4) is 0 Å². The van der Waals surface area contributed by atoms with Gasteiger partial charge in [-0.15, -0.1) is 0 Å². The minimum Gasteiger partial charge on any atom is -0.484 e. The van der Waals surface area contributed by atoms with Gasteiger partial charge < -0.3 is 19.2 Å². The summed E-state index contributed by atoms with van der Waals surface area (Å²) in [5.74, 6) is 0.803. The van der Waals surface area contributed by atoms with Crippen molar-refractivity contribution >= 4 is 11.6 Å². The van der Waals surface area contributed by atoms with Crippen molar-refractivity contribution in [1.82, 2.24) is 0 Å². The lowest BCUT2D eigenvalue weighted by molar-refractivity contribution is -0.385. The highest BCUT2D eigenvalue weighted by Gasteiger charge is 2.26. The van der Waals surface area contributed by atoms with Crippen molar-refractivity contribution in [2.45, 2.75) is 39.3 Å². The van der Waals surface area contributed by atoms with Crippen LogP contribution in [0.2, 0.25) is 0 Å². The molecule has 0 aliphatic rings. The zero-order valence-electron chi connectivity index (χ0n) is 14.9. The first kappa shape index (κ1) is 18.8. The molecular weight excluding hydrogens is 324 g/mol. The second-order valence-corrected chi connectivity index (χ2v) is 6.93. The normalized spacial score (nSPS) is 12.7. The van der Waals surface area contributed by atoms with Gasteiger partial charge in [-0.3, -0.25) is 10.1 Å². The lowest BCUT2D eigenvalue weighted by Gasteiger charge is -2.36. The molecule has 0 saturated carbocycles. The molecule has 0 fully saturated rings. The zero-order valence-corrected chi connectivity index (χ0v) is 14.9. The van der Waals surface area contributed by atoms with Gasteiger partial charge in [0.15, 0.2) is 11.6 Å². The lowest BCUT2D eigenvalue weighted by atomic mass is 10.1. The number of nitrogens with zero attached hydrogens (tertiary/aromatic N) is 2. The summed E-state index contributed by atoms with van der Waals surface area (Å²) >= 11 is 0. The van der Waals surface area contributed by atoms with Gasteiger partial charge in [0, 0.05) is 17.7 Å². The van der Waals surface area contributed by atoms with Gasteiger partial charge in [-0.2, -0.15) is 0 Å². The molecule has 2 rings (SSSR count). The Morgan fingerprint density at radius 3 is 2.64 bits per heavy atom. The number of benzene rings is 1. The summed E-state index contributed by atoms with van der Waals surface area (Å²) < 4.78 is 11.0. The third kappa shape index (κ3) is 4.96. The molecule has 1 unspecified atom stereocenters. The molecule has 2 aromatic rings. The van der Waals surface area contributed by atoms with Crippen LogP contribution in [0.1, 0.15) is 26.3 Å². The number of β-amino-alcohol motifs (C(OH)–C–C–N with tert-alkyl or cyclic N) is 1. The maximum Gasteiger partial charge on any atom is 0.310 e. The molecule has 1 heterocycles. The van der Waals surface area contributed by atoms with E-state index in [1.54, 1.807) is 24.5 Å². The van der Waals surface area contributed by atoms with Gasteiger partial charge in [0.2, 0.25) is 0 Å². The van der Waals surface area contributed by atoms with Gasteiger partial charge in [-0.25, -0.2) is 0 Å². The standard InChI is InChI=1S/C18H24N2O5/c1-13-7-8-15(20(22)23)16(10-13)25-12-14(21)11-19(18(2,3)4)17-6-5-9-24-17/h5-10,14,21H,11-12H2,1-4H3. The Labute approximate surface area is 147 Å². The average molecular weight is 348 g/mol. The zero-order chi connectivity index (χ0) is 18.6. The largest absolute Gasteiger partial charge is 0.484 e. The molecule has 1 aromatic heterocycles. The molecule has 1 aromatic carbocycles. The van der Waals surface area contributed by atoms with E-state index in [4.69, 9.17) is 9.15 Å². The maximum atomic E-state index is 11.1. The van der Waals surface area contributed by atoms with Crippen LogP contribution in [0.4, 0.5) is 11.6 Å². The third-order valence-electron chi connectivity index (χ3n) is 3.72. The Hall–Kier alpha value is -2.54. The molecule has 0 amide bonds. The molecule has 0 aliphatic heterocycles. The minimum atomic E-state index is -0.843. The van der Waals surface area contributed by atoms with Crippen LogP contribution >= 0.6 is 0 Å². The number of ether oxygens (including phenoxy) is 1. The van der Waals surface area contributed by atoms with E-state index in [0.29, 0.717) is 5.88 Å². The van der Waals surface area contributed by atoms with Gasteiger partial charge in [0.05, 0.1) is 17.7 Å². The quantitative estimate of drug-likeness (QED) is 0.608. The fourth-order valence-corrected chi connectivity index (χ4v) is 2.46. The summed E-state index contributed by atoms with van der Waals surface area (Å²) in [6, 6.07) is 8.26. The number of aryl methyl sites for hydroxylation is 1. The maximum absolute atomic E-state index is 11.1. The summed E-state index contributed by atoms with van der Waals surface area (Å²) in [7, 11) is 0. The van der Waals surface area contributed by atoms with Crippen LogP contribution < -0.4 is 9.64 Å². The molecule has 0 radical (unpaired) electrons. The number of rotatable bonds is 7. The molecule has 7 heteroatoms. The van der Waals surface area contributed by atoms with Crippen LogP contribution in [-0.4, -0.2) is 34.8 Å². The van der Waals surface area contributed by atoms with Crippen LogP contribution in [0, 0.1) is 17.0 Å². The van der Waals surface area contributed by atoms with Gasteiger partial charge >= 0.3 is 5.69 Å². The molecule has 25 heavy (non-hydrogen) atoms. The van der Waals surface area contributed by atoms with E-state index in [1.165, 1.54) is 6.07 Å². The SMILES string of the molecule is Cc1ccc([N+](=O)[O-])c(OCC(O)CN(c2ccco2)C(C)(C)C)c1. The van der Waals surface area contributed by atoms with Crippen LogP contribution in [0.15, 0.2) is 41.0 Å². The number of aliphatic hydroxyl groups is 1. The molecule has 1 N–H and O–H groups in total. The van der Waals surface area contributed by atoms with E-state index in [9.17, 15) is 15.2 Å². The third-order valence-corrected chi connectivity index (χ3v) is 3.72. The summed E-state index contributed by atoms with van der Waals surface area (Å²) in [5, 5.41) is 21.4. The molecule has 1 atom stereocenters. The van der Waals surface area contributed by atoms with Crippen molar-refractivity contribution in [3.05, 3.63) is 52.3 Å². The number of anilines is 1. The smallest absolute Gasteiger partial charge is 0.310 e. The van der Waals surface area contributed by atoms with E-state index in [0.717, 1.165) is 5.56 Å². The fraction of sp³-hybridized carbons (Fsp3) is 0.444. The summed E-state index contributed by atoms with van der Waals surface area (Å²) in [6.07, 6.45) is 0.733. The van der Waals surface area contributed by atoms with Gasteiger partial charge in [-0.1, -0.05) is 6.07 Å². The Morgan fingerprint density at radius 2 is 2.08 bits per heavy atom. The van der Waals surface area contributed by atoms with Gasteiger partial charge in [0.1, 0.15) is 12.7 Å². The monoisotopic (exact) mass is 348 g/mol. The van der Waals surface area contributed by atoms with E-state index in [2.05, 4.69) is 0 Å². The number of aliphatic hydroxyl groups excluding tert-OH is 1. The van der Waals surface area contributed by atoms with Crippen molar-refractivity contribution in [2.75, 3.05) is 18.1 Å². The summed E-state index contributed by atoms with van der Waals surface area (Å²) in [4.78, 5) is 12.5. The number of nitro benzene ring substituents is 1. The van der Waals surface area contributed by atoms with Crippen molar-refractivity contribution < 1.29 is 19.2 Å². The number of nitro groups is 1. The molecule has 0 bridgehead atoms. The van der Waals surface area contributed by atoms with Gasteiger partial charge in [-0.05, 0) is 45.4 Å². The number of furan rings is 1. The van der Waals surface area contributed by atoms with E-state index in [1.807, 2.05) is 38.7 Å². The highest BCUT2D eigenvalue weighted by Crippen LogP contribution is 2.28. The Balaban J connectivity index is 2.06. The average Bonchev–Trinajstić information content (AvgIpc) is 3.03. The van der Waals surface area contributed by atoms with Gasteiger partial charge in [0.25, 0.3) is 0 Å². The Kier molecular flexibility index (Phi) is 5.69. The summed E-state index contributed by atoms with van der Waals surface area (Å²) in [5.41, 5.74) is 0.465. The minimum absolute atomic E-state index is 0.0580. The predicted octanol–water partition coefficient (Wildman–Crippen LogP) is 3.54. The van der Waals surface area contributed by atoms with E-state index < -0.39 is 11.0 Å². The Morgan fingerprint density at radius 1 is 1.36 bits per heavy atom. The van der Waals surface area contributed by atoms with Crippen LogP contribution in [-0.2, 0) is 0 Å². The first-order valence-corrected chi connectivity index (χ1v) is 8.05. The van der Waals surface area contributed by atoms with Crippen molar-refractivity contribution in [3.63, 3.8) is 0 Å². The lowest BCUT2D eigenvalue weighted by Crippen LogP contribution is -2.47. The highest BCUT2D eigenvalue weighted by atomic mass is 16.6. The molecule has 136 valence electrons. The van der Waals surface area contributed by atoms with Crippen LogP contribution in [0.25, 0.3) is 0 Å². The Bertz CT molecular complexity index is 707. The topological polar surface area (TPSA) is 89.0 Å². The van der Waals surface area contributed by atoms with Crippen LogP contribution in [0.5, 0.6) is 5.75 Å². The van der Waals surface area contributed by atoms with Crippen molar-refractivity contribution in [1.29, 1.82) is 0 Å².